The van der Waals surface area contributed by atoms with Crippen LogP contribution in [0.3, 0.4) is 0 Å². The van der Waals surface area contributed by atoms with Gasteiger partial charge >= 0.3 is 0 Å². The summed E-state index contributed by atoms with van der Waals surface area (Å²) in [7, 11) is 4.08. The smallest absolute Gasteiger partial charge is 0.282 e. The Balaban J connectivity index is -0.00000000567. The number of hydrogen-bond acceptors (Lipinski definition) is 1. The third-order valence-corrected chi connectivity index (χ3v) is 0. The van der Waals surface area contributed by atoms with Crippen LogP contribution in [-0.4, -0.2) is 42.3 Å². The molecule has 8 heavy (non-hydrogen) atoms. The molecule has 0 heterocycles. The molecule has 0 aliphatic carbocycles. The van der Waals surface area contributed by atoms with Crippen LogP contribution in [0.2, 0.25) is 0 Å². The molecular formula is H10Al2OP2SiTiZn. The summed E-state index contributed by atoms with van der Waals surface area (Å²) in [5, 5.41) is 0. The van der Waals surface area contributed by atoms with Crippen LogP contribution in [0.4, 0.5) is 0 Å². The summed E-state index contributed by atoms with van der Waals surface area (Å²) in [4.78, 5) is 0. The fourth-order valence-corrected chi connectivity index (χ4v) is 0. The van der Waals surface area contributed by atoms with Gasteiger partial charge in [-0.15, -0.1) is 0 Å². The van der Waals surface area contributed by atoms with Crippen molar-refractivity contribution in [2.45, 2.75) is 0 Å². The molecule has 2 atom stereocenters. The fourth-order valence-electron chi connectivity index (χ4n) is 0. The molecule has 0 aromatic heterocycles. The van der Waals surface area contributed by atoms with E-state index in [9.17, 15) is 0 Å². The molecule has 0 radical (unpaired) electrons. The van der Waals surface area contributed by atoms with Crippen LogP contribution >= 0.6 is 16.7 Å². The molecule has 0 fully saturated rings. The molecule has 0 rings (SSSR count). The Bertz CT molecular complexity index is 27.5. The Kier molecular flexibility index (Phi) is 183. The van der Waals surface area contributed by atoms with Gasteiger partial charge in [-0.1, -0.05) is 8.79 Å². The van der Waals surface area contributed by atoms with Gasteiger partial charge in [0.25, 0.3) is 9.07 Å². The molecule has 0 saturated heterocycles. The van der Waals surface area contributed by atoms with Crippen LogP contribution in [0.15, 0.2) is 0 Å². The Hall–Kier alpha value is 3.28. The van der Waals surface area contributed by atoms with Gasteiger partial charge in [-0.3, -0.25) is 0 Å². The molecule has 0 aromatic carbocycles. The second-order valence-corrected chi connectivity index (χ2v) is 1.22. The fraction of sp³-hybridized carbons (Fsp3) is 0. The maximum Gasteiger partial charge on any atom is 0.282 e. The summed E-state index contributed by atoms with van der Waals surface area (Å²) in [5.74, 6) is 0. The zero-order valence-corrected chi connectivity index (χ0v) is 14.3. The maximum atomic E-state index is 8.98. The van der Waals surface area contributed by atoms with E-state index in [1.165, 1.54) is 15.8 Å². The van der Waals surface area contributed by atoms with E-state index in [1.54, 1.807) is 0 Å². The minimum atomic E-state index is -0.583. The maximum absolute atomic E-state index is 8.98. The van der Waals surface area contributed by atoms with Crippen LogP contribution in [-0.2, 0) is 45.7 Å². The van der Waals surface area contributed by atoms with E-state index in [0.717, 1.165) is 0 Å². The first kappa shape index (κ1) is 30.2. The summed E-state index contributed by atoms with van der Waals surface area (Å²) in [5.41, 5.74) is 0. The standard InChI is InChI=1S/2Al.H3OPSi.H2P.Ti.Zn.5H/c;;1-3-2;;;;;;;;/h;;3H,2H2;1H2;;;;;;;/q;+1;;-1;;;;;;;. The zero-order chi connectivity index (χ0) is 4.71. The molecule has 0 aromatic rings. The summed E-state index contributed by atoms with van der Waals surface area (Å²) in [6.07, 6.45) is 0. The van der Waals surface area contributed by atoms with E-state index in [-0.39, 0.29) is 58.6 Å². The monoisotopic (exact) mass is 282 g/mol. The van der Waals surface area contributed by atoms with Crippen molar-refractivity contribution in [3.05, 3.63) is 0 Å². The average Bonchev–Trinajstić information content (AvgIpc) is 1.46. The Morgan fingerprint density at radius 1 is 1.38 bits per heavy atom. The van der Waals surface area contributed by atoms with Crippen molar-refractivity contribution in [1.29, 1.82) is 0 Å². The first-order valence-corrected chi connectivity index (χ1v) is 8.90. The molecule has 0 aliphatic rings. The largest absolute Gasteiger partial charge is 0.387 e. The Morgan fingerprint density at radius 2 is 1.38 bits per heavy atom. The van der Waals surface area contributed by atoms with Gasteiger partial charge < -0.3 is 4.46 Å². The van der Waals surface area contributed by atoms with Gasteiger partial charge in [0, 0.05) is 41.2 Å². The summed E-state index contributed by atoms with van der Waals surface area (Å²) in [6.45, 7) is 0. The topological polar surface area (TPSA) is 17.1 Å². The molecule has 0 spiro atoms. The predicted molar refractivity (Wildman–Crippen MR) is 45.7 cm³/mol. The van der Waals surface area contributed by atoms with E-state index in [2.05, 4.69) is 16.7 Å². The van der Waals surface area contributed by atoms with Gasteiger partial charge in [-0.25, -0.2) is 7.89 Å². The third kappa shape index (κ3) is 59.1. The van der Waals surface area contributed by atoms with Crippen LogP contribution in [0.25, 0.3) is 0 Å². The third-order valence-electron chi connectivity index (χ3n) is 0. The molecule has 0 N–H and O–H groups in total. The van der Waals surface area contributed by atoms with E-state index in [1.807, 2.05) is 0 Å². The predicted octanol–water partition coefficient (Wildman–Crippen LogP) is -2.22. The number of hydrogen-bond donors (Lipinski definition) is 0. The summed E-state index contributed by atoms with van der Waals surface area (Å²) in [6, 6.07) is 0. The minimum Gasteiger partial charge on any atom is -0.387 e. The second kappa shape index (κ2) is 48.3. The number of rotatable bonds is 0. The molecular weight excluding hydrogens is 273 g/mol. The molecule has 0 aliphatic heterocycles. The summed E-state index contributed by atoms with van der Waals surface area (Å²) >= 11 is 1.22. The van der Waals surface area contributed by atoms with Crippen LogP contribution in [0.1, 0.15) is 0 Å². The molecule has 42 valence electrons. The zero-order valence-electron chi connectivity index (χ0n) is 4.35. The second-order valence-electron chi connectivity index (χ2n) is 0.136. The Morgan fingerprint density at radius 3 is 1.38 bits per heavy atom. The van der Waals surface area contributed by atoms with Crippen LogP contribution in [0, 0.1) is 0 Å². The van der Waals surface area contributed by atoms with Crippen LogP contribution < -0.4 is 0 Å². The van der Waals surface area contributed by atoms with E-state index < -0.39 is 9.07 Å². The van der Waals surface area contributed by atoms with Gasteiger partial charge in [0.15, 0.2) is 17.4 Å². The van der Waals surface area contributed by atoms with Crippen LogP contribution in [0.5, 0.6) is 0 Å². The van der Waals surface area contributed by atoms with Crippen molar-refractivity contribution in [3.8, 4) is 0 Å². The average molecular weight is 283 g/mol. The van der Waals surface area contributed by atoms with Gasteiger partial charge in [-0.05, 0) is 0 Å². The molecule has 2 unspecified atom stereocenters. The van der Waals surface area contributed by atoms with Crippen molar-refractivity contribution in [2.75, 3.05) is 0 Å². The molecule has 0 saturated carbocycles. The van der Waals surface area contributed by atoms with Gasteiger partial charge in [0.05, 0.1) is 0 Å². The molecule has 0 amide bonds. The normalized spacial score (nSPS) is 2.25. The first-order chi connectivity index (χ1) is 2.41. The molecule has 0 bridgehead atoms. The quantitative estimate of drug-likeness (QED) is 0.364. The SMILES string of the molecule is O=[SiH]P.[AlH2][PH2].[AlH3].[Ti].[Zn]. The Labute approximate surface area is 103 Å². The van der Waals surface area contributed by atoms with Gasteiger partial charge in [-0.2, -0.15) is 0 Å². The van der Waals surface area contributed by atoms with E-state index in [4.69, 9.17) is 4.46 Å². The molecule has 8 heteroatoms. The van der Waals surface area contributed by atoms with Gasteiger partial charge in [0.2, 0.25) is 15.8 Å². The summed E-state index contributed by atoms with van der Waals surface area (Å²) < 4.78 is 8.98. The molecule has 1 nitrogen and oxygen atoms in total. The van der Waals surface area contributed by atoms with Crippen molar-refractivity contribution in [1.82, 2.24) is 0 Å². The van der Waals surface area contributed by atoms with Gasteiger partial charge in [0.1, 0.15) is 0 Å². The van der Waals surface area contributed by atoms with Crippen molar-refractivity contribution in [2.24, 2.45) is 0 Å². The van der Waals surface area contributed by atoms with Crippen molar-refractivity contribution in [3.63, 3.8) is 0 Å². The first-order valence-electron chi connectivity index (χ1n) is 1.15. The van der Waals surface area contributed by atoms with Crippen molar-refractivity contribution < 1.29 is 45.7 Å². The van der Waals surface area contributed by atoms with Crippen molar-refractivity contribution >= 4 is 59.0 Å². The minimum absolute atomic E-state index is 0. The van der Waals surface area contributed by atoms with E-state index >= 15 is 0 Å². The van der Waals surface area contributed by atoms with E-state index in [0.29, 0.717) is 0 Å².